The summed E-state index contributed by atoms with van der Waals surface area (Å²) in [5.41, 5.74) is 0.825. The Morgan fingerprint density at radius 1 is 1.15 bits per heavy atom. The van der Waals surface area contributed by atoms with Crippen molar-refractivity contribution in [3.8, 4) is 0 Å². The lowest BCUT2D eigenvalue weighted by Crippen LogP contribution is -2.46. The van der Waals surface area contributed by atoms with Crippen LogP contribution in [0.4, 0.5) is 0 Å². The molecule has 0 bridgehead atoms. The maximum atomic E-state index is 12.2. The maximum absolute atomic E-state index is 12.2. The second-order valence-electron chi connectivity index (χ2n) is 6.14. The molecule has 1 aliphatic rings. The summed E-state index contributed by atoms with van der Waals surface area (Å²) in [6.07, 6.45) is 4.49. The van der Waals surface area contributed by atoms with Gasteiger partial charge in [0.25, 0.3) is 5.91 Å². The third-order valence-electron chi connectivity index (χ3n) is 4.21. The molecule has 20 heavy (non-hydrogen) atoms. The fourth-order valence-corrected chi connectivity index (χ4v) is 2.77. The number of rotatable bonds is 3. The summed E-state index contributed by atoms with van der Waals surface area (Å²) < 4.78 is 0. The highest BCUT2D eigenvalue weighted by molar-refractivity contribution is 5.96. The van der Waals surface area contributed by atoms with Crippen LogP contribution in [-0.2, 0) is 0 Å². The van der Waals surface area contributed by atoms with Crippen LogP contribution in [0.15, 0.2) is 24.3 Å². The number of hydrogen-bond donors (Lipinski definition) is 2. The summed E-state index contributed by atoms with van der Waals surface area (Å²) in [6, 6.07) is 6.23. The fourth-order valence-electron chi connectivity index (χ4n) is 2.77. The van der Waals surface area contributed by atoms with Gasteiger partial charge in [0.2, 0.25) is 0 Å². The molecule has 0 spiro atoms. The molecular formula is C16H21NO3. The standard InChI is InChI=1S/C16H21NO3/c1-16(2)10-4-3-5-13(16)17-14(18)11-6-8-12(9-7-11)15(19)20/h6-9,13H,3-5,10H2,1-2H3,(H,17,18)(H,19,20). The van der Waals surface area contributed by atoms with E-state index in [1.54, 1.807) is 12.1 Å². The van der Waals surface area contributed by atoms with Gasteiger partial charge in [0.1, 0.15) is 0 Å². The second-order valence-corrected chi connectivity index (χ2v) is 6.14. The number of aromatic carboxylic acids is 1. The minimum atomic E-state index is -0.981. The Balaban J connectivity index is 2.06. The lowest BCUT2D eigenvalue weighted by Gasteiger charge is -2.39. The molecule has 4 heteroatoms. The Hall–Kier alpha value is -1.84. The van der Waals surface area contributed by atoms with Gasteiger partial charge >= 0.3 is 5.97 Å². The van der Waals surface area contributed by atoms with Crippen LogP contribution in [0.2, 0.25) is 0 Å². The molecule has 1 aliphatic carbocycles. The van der Waals surface area contributed by atoms with Gasteiger partial charge in [-0.3, -0.25) is 4.79 Å². The van der Waals surface area contributed by atoms with E-state index in [9.17, 15) is 9.59 Å². The molecule has 0 heterocycles. The quantitative estimate of drug-likeness (QED) is 0.890. The van der Waals surface area contributed by atoms with Gasteiger partial charge in [0.05, 0.1) is 5.56 Å². The number of carbonyl (C=O) groups is 2. The first kappa shape index (κ1) is 14.6. The topological polar surface area (TPSA) is 66.4 Å². The molecule has 1 fully saturated rings. The van der Waals surface area contributed by atoms with E-state index in [0.29, 0.717) is 5.56 Å². The largest absolute Gasteiger partial charge is 0.478 e. The monoisotopic (exact) mass is 275 g/mol. The highest BCUT2D eigenvalue weighted by Gasteiger charge is 2.33. The molecule has 1 amide bonds. The highest BCUT2D eigenvalue weighted by Crippen LogP contribution is 2.35. The molecular weight excluding hydrogens is 254 g/mol. The predicted octanol–water partition coefficient (Wildman–Crippen LogP) is 3.08. The number of carboxylic acids is 1. The summed E-state index contributed by atoms with van der Waals surface area (Å²) in [5.74, 6) is -1.10. The Bertz CT molecular complexity index is 505. The number of benzene rings is 1. The molecule has 2 N–H and O–H groups in total. The molecule has 1 saturated carbocycles. The molecule has 1 atom stereocenters. The first-order valence-electron chi connectivity index (χ1n) is 7.04. The first-order valence-corrected chi connectivity index (χ1v) is 7.04. The smallest absolute Gasteiger partial charge is 0.335 e. The van der Waals surface area contributed by atoms with Crippen LogP contribution in [0.1, 0.15) is 60.2 Å². The van der Waals surface area contributed by atoms with Gasteiger partial charge in [-0.15, -0.1) is 0 Å². The van der Waals surface area contributed by atoms with Crippen molar-refractivity contribution in [2.45, 2.75) is 45.6 Å². The average Bonchev–Trinajstić information content (AvgIpc) is 2.41. The third kappa shape index (κ3) is 3.18. The van der Waals surface area contributed by atoms with Crippen LogP contribution >= 0.6 is 0 Å². The van der Waals surface area contributed by atoms with Gasteiger partial charge in [-0.05, 0) is 42.5 Å². The number of amides is 1. The SMILES string of the molecule is CC1(C)CCCCC1NC(=O)c1ccc(C(=O)O)cc1. The number of nitrogens with one attached hydrogen (secondary N) is 1. The van der Waals surface area contributed by atoms with Crippen molar-refractivity contribution < 1.29 is 14.7 Å². The van der Waals surface area contributed by atoms with E-state index in [4.69, 9.17) is 5.11 Å². The lowest BCUT2D eigenvalue weighted by atomic mass is 9.73. The minimum absolute atomic E-state index is 0.120. The Morgan fingerprint density at radius 3 is 2.30 bits per heavy atom. The van der Waals surface area contributed by atoms with Crippen molar-refractivity contribution in [3.63, 3.8) is 0 Å². The molecule has 0 aromatic heterocycles. The summed E-state index contributed by atoms with van der Waals surface area (Å²) in [5, 5.41) is 11.9. The summed E-state index contributed by atoms with van der Waals surface area (Å²) in [6.45, 7) is 4.37. The maximum Gasteiger partial charge on any atom is 0.335 e. The summed E-state index contributed by atoms with van der Waals surface area (Å²) in [7, 11) is 0. The zero-order valence-corrected chi connectivity index (χ0v) is 12.0. The van der Waals surface area contributed by atoms with Crippen molar-refractivity contribution in [1.29, 1.82) is 0 Å². The predicted molar refractivity (Wildman–Crippen MR) is 76.9 cm³/mol. The van der Waals surface area contributed by atoms with E-state index in [-0.39, 0.29) is 22.9 Å². The lowest BCUT2D eigenvalue weighted by molar-refractivity contribution is 0.0696. The van der Waals surface area contributed by atoms with Gasteiger partial charge in [0.15, 0.2) is 0 Å². The van der Waals surface area contributed by atoms with Crippen molar-refractivity contribution in [3.05, 3.63) is 35.4 Å². The second kappa shape index (κ2) is 5.65. The van der Waals surface area contributed by atoms with E-state index in [0.717, 1.165) is 19.3 Å². The molecule has 1 aromatic carbocycles. The van der Waals surface area contributed by atoms with Crippen LogP contribution in [0.25, 0.3) is 0 Å². The molecule has 108 valence electrons. The van der Waals surface area contributed by atoms with Gasteiger partial charge in [-0.2, -0.15) is 0 Å². The minimum Gasteiger partial charge on any atom is -0.478 e. The molecule has 1 aromatic rings. The van der Waals surface area contributed by atoms with E-state index in [2.05, 4.69) is 19.2 Å². The van der Waals surface area contributed by atoms with Gasteiger partial charge in [-0.1, -0.05) is 26.7 Å². The molecule has 4 nitrogen and oxygen atoms in total. The van der Waals surface area contributed by atoms with Crippen molar-refractivity contribution in [1.82, 2.24) is 5.32 Å². The Labute approximate surface area is 119 Å². The van der Waals surface area contributed by atoms with E-state index >= 15 is 0 Å². The molecule has 0 aliphatic heterocycles. The molecule has 1 unspecified atom stereocenters. The third-order valence-corrected chi connectivity index (χ3v) is 4.21. The number of hydrogen-bond acceptors (Lipinski definition) is 2. The van der Waals surface area contributed by atoms with Crippen LogP contribution in [0, 0.1) is 5.41 Å². The molecule has 2 rings (SSSR count). The Morgan fingerprint density at radius 2 is 1.75 bits per heavy atom. The first-order chi connectivity index (χ1) is 9.40. The van der Waals surface area contributed by atoms with Gasteiger partial charge in [0, 0.05) is 11.6 Å². The van der Waals surface area contributed by atoms with E-state index in [1.807, 2.05) is 0 Å². The zero-order valence-electron chi connectivity index (χ0n) is 12.0. The molecule has 0 saturated heterocycles. The number of carboxylic acid groups (broad SMARTS) is 1. The van der Waals surface area contributed by atoms with Gasteiger partial charge < -0.3 is 10.4 Å². The zero-order chi connectivity index (χ0) is 14.8. The van der Waals surface area contributed by atoms with E-state index in [1.165, 1.54) is 18.6 Å². The van der Waals surface area contributed by atoms with Crippen molar-refractivity contribution in [2.75, 3.05) is 0 Å². The van der Waals surface area contributed by atoms with Crippen LogP contribution in [0.3, 0.4) is 0 Å². The fraction of sp³-hybridized carbons (Fsp3) is 0.500. The summed E-state index contributed by atoms with van der Waals surface area (Å²) >= 11 is 0. The van der Waals surface area contributed by atoms with Gasteiger partial charge in [-0.25, -0.2) is 4.79 Å². The van der Waals surface area contributed by atoms with E-state index < -0.39 is 5.97 Å². The normalized spacial score (nSPS) is 21.2. The highest BCUT2D eigenvalue weighted by atomic mass is 16.4. The van der Waals surface area contributed by atoms with Crippen molar-refractivity contribution >= 4 is 11.9 Å². The van der Waals surface area contributed by atoms with Crippen LogP contribution in [-0.4, -0.2) is 23.0 Å². The Kier molecular flexibility index (Phi) is 4.12. The molecule has 0 radical (unpaired) electrons. The summed E-state index contributed by atoms with van der Waals surface area (Å²) in [4.78, 5) is 23.0. The van der Waals surface area contributed by atoms with Crippen LogP contribution in [0.5, 0.6) is 0 Å². The van der Waals surface area contributed by atoms with Crippen molar-refractivity contribution in [2.24, 2.45) is 5.41 Å². The average molecular weight is 275 g/mol. The number of carbonyl (C=O) groups excluding carboxylic acids is 1. The van der Waals surface area contributed by atoms with Crippen LogP contribution < -0.4 is 5.32 Å².